The van der Waals surface area contributed by atoms with E-state index in [1.807, 2.05) is 54.9 Å². The highest BCUT2D eigenvalue weighted by molar-refractivity contribution is 8.00. The topological polar surface area (TPSA) is 46.9 Å². The molecule has 1 atom stereocenters. The molecule has 0 spiro atoms. The van der Waals surface area contributed by atoms with Gasteiger partial charge in [-0.3, -0.25) is 9.36 Å². The van der Waals surface area contributed by atoms with E-state index in [0.717, 1.165) is 23.8 Å². The van der Waals surface area contributed by atoms with Crippen LogP contribution in [0.25, 0.3) is 5.69 Å². The van der Waals surface area contributed by atoms with Gasteiger partial charge in [-0.1, -0.05) is 36.9 Å². The van der Waals surface area contributed by atoms with Crippen molar-refractivity contribution in [3.8, 4) is 5.69 Å². The third-order valence-electron chi connectivity index (χ3n) is 2.84. The van der Waals surface area contributed by atoms with E-state index in [4.69, 9.17) is 0 Å². The summed E-state index contributed by atoms with van der Waals surface area (Å²) in [7, 11) is 0. The van der Waals surface area contributed by atoms with E-state index in [9.17, 15) is 4.79 Å². The number of carbonyl (C=O) groups is 1. The molecular formula is C15H19N3OS. The van der Waals surface area contributed by atoms with Crippen molar-refractivity contribution in [2.24, 2.45) is 0 Å². The Balaban J connectivity index is 2.08. The lowest BCUT2D eigenvalue weighted by Crippen LogP contribution is -2.31. The van der Waals surface area contributed by atoms with Crippen LogP contribution in [0, 0.1) is 0 Å². The zero-order chi connectivity index (χ0) is 14.4. The molecule has 4 nitrogen and oxygen atoms in total. The standard InChI is InChI=1S/C15H19N3OS/c1-3-9-16-14(19)12(2)20-15-17-10-11-18(15)13-7-5-4-6-8-13/h4-8,10-12H,3,9H2,1-2H3,(H,16,19). The van der Waals surface area contributed by atoms with Crippen LogP contribution >= 0.6 is 11.8 Å². The molecule has 0 aliphatic rings. The van der Waals surface area contributed by atoms with E-state index < -0.39 is 0 Å². The van der Waals surface area contributed by atoms with Gasteiger partial charge in [0.2, 0.25) is 5.91 Å². The Bertz CT molecular complexity index is 553. The summed E-state index contributed by atoms with van der Waals surface area (Å²) in [6.45, 7) is 4.66. The minimum Gasteiger partial charge on any atom is -0.355 e. The van der Waals surface area contributed by atoms with Crippen LogP contribution in [0.15, 0.2) is 47.9 Å². The first-order chi connectivity index (χ1) is 9.72. The van der Waals surface area contributed by atoms with Crippen LogP contribution in [0.1, 0.15) is 20.3 Å². The first-order valence-electron chi connectivity index (χ1n) is 6.75. The number of para-hydroxylation sites is 1. The highest BCUT2D eigenvalue weighted by Crippen LogP contribution is 2.24. The van der Waals surface area contributed by atoms with Crippen LogP contribution in [-0.2, 0) is 4.79 Å². The number of benzene rings is 1. The van der Waals surface area contributed by atoms with E-state index in [0.29, 0.717) is 0 Å². The Morgan fingerprint density at radius 3 is 2.85 bits per heavy atom. The van der Waals surface area contributed by atoms with Gasteiger partial charge >= 0.3 is 0 Å². The fourth-order valence-electron chi connectivity index (χ4n) is 1.77. The first kappa shape index (κ1) is 14.7. The van der Waals surface area contributed by atoms with Crippen LogP contribution in [0.4, 0.5) is 0 Å². The Kier molecular flexibility index (Phi) is 5.24. The molecule has 0 radical (unpaired) electrons. The molecule has 1 N–H and O–H groups in total. The van der Waals surface area contributed by atoms with Crippen molar-refractivity contribution in [1.82, 2.24) is 14.9 Å². The maximum atomic E-state index is 11.9. The summed E-state index contributed by atoms with van der Waals surface area (Å²) in [5.41, 5.74) is 1.05. The molecule has 0 fully saturated rings. The summed E-state index contributed by atoms with van der Waals surface area (Å²) >= 11 is 1.47. The average Bonchev–Trinajstić information content (AvgIpc) is 2.93. The first-order valence-corrected chi connectivity index (χ1v) is 7.63. The van der Waals surface area contributed by atoms with Gasteiger partial charge in [0, 0.05) is 24.6 Å². The van der Waals surface area contributed by atoms with E-state index in [-0.39, 0.29) is 11.2 Å². The molecule has 2 rings (SSSR count). The number of hydrogen-bond acceptors (Lipinski definition) is 3. The van der Waals surface area contributed by atoms with E-state index >= 15 is 0 Å². The molecule has 5 heteroatoms. The summed E-state index contributed by atoms with van der Waals surface area (Å²) in [5, 5.41) is 3.58. The van der Waals surface area contributed by atoms with Crippen LogP contribution in [0.2, 0.25) is 0 Å². The van der Waals surface area contributed by atoms with Gasteiger partial charge in [-0.25, -0.2) is 4.98 Å². The van der Waals surface area contributed by atoms with Gasteiger partial charge in [0.1, 0.15) is 0 Å². The van der Waals surface area contributed by atoms with Crippen molar-refractivity contribution < 1.29 is 4.79 Å². The molecule has 1 heterocycles. The normalized spacial score (nSPS) is 12.1. The third kappa shape index (κ3) is 3.63. The van der Waals surface area contributed by atoms with Gasteiger partial charge in [0.05, 0.1) is 5.25 Å². The molecule has 0 saturated heterocycles. The van der Waals surface area contributed by atoms with Gasteiger partial charge in [-0.2, -0.15) is 0 Å². The number of rotatable bonds is 6. The van der Waals surface area contributed by atoms with Gasteiger partial charge < -0.3 is 5.32 Å². The molecule has 1 unspecified atom stereocenters. The lowest BCUT2D eigenvalue weighted by atomic mass is 10.3. The predicted octanol–water partition coefficient (Wildman–Crippen LogP) is 2.88. The summed E-state index contributed by atoms with van der Waals surface area (Å²) in [6.07, 6.45) is 4.61. The molecule has 20 heavy (non-hydrogen) atoms. The molecule has 106 valence electrons. The maximum absolute atomic E-state index is 11.9. The van der Waals surface area contributed by atoms with Crippen LogP contribution in [0.3, 0.4) is 0 Å². The summed E-state index contributed by atoms with van der Waals surface area (Å²) in [4.78, 5) is 16.2. The molecular weight excluding hydrogens is 270 g/mol. The molecule has 0 bridgehead atoms. The summed E-state index contributed by atoms with van der Waals surface area (Å²) < 4.78 is 1.99. The second-order valence-electron chi connectivity index (χ2n) is 4.47. The Labute approximate surface area is 123 Å². The Morgan fingerprint density at radius 1 is 1.40 bits per heavy atom. The van der Waals surface area contributed by atoms with Crippen molar-refractivity contribution in [3.63, 3.8) is 0 Å². The summed E-state index contributed by atoms with van der Waals surface area (Å²) in [6, 6.07) is 10.00. The predicted molar refractivity (Wildman–Crippen MR) is 82.2 cm³/mol. The third-order valence-corrected chi connectivity index (χ3v) is 3.92. The maximum Gasteiger partial charge on any atom is 0.233 e. The number of imidazole rings is 1. The van der Waals surface area contributed by atoms with Crippen LogP contribution in [-0.4, -0.2) is 27.3 Å². The number of amides is 1. The molecule has 1 aromatic heterocycles. The Morgan fingerprint density at radius 2 is 2.15 bits per heavy atom. The van der Waals surface area contributed by atoms with Gasteiger partial charge in [0.15, 0.2) is 5.16 Å². The van der Waals surface area contributed by atoms with E-state index in [1.165, 1.54) is 11.8 Å². The highest BCUT2D eigenvalue weighted by atomic mass is 32.2. The van der Waals surface area contributed by atoms with Gasteiger partial charge in [-0.15, -0.1) is 0 Å². The van der Waals surface area contributed by atoms with Crippen molar-refractivity contribution in [2.75, 3.05) is 6.54 Å². The number of hydrogen-bond donors (Lipinski definition) is 1. The molecule has 0 saturated carbocycles. The quantitative estimate of drug-likeness (QED) is 0.832. The fourth-order valence-corrected chi connectivity index (χ4v) is 2.67. The van der Waals surface area contributed by atoms with E-state index in [1.54, 1.807) is 6.20 Å². The average molecular weight is 289 g/mol. The minimum absolute atomic E-state index is 0.0551. The smallest absolute Gasteiger partial charge is 0.233 e. The second kappa shape index (κ2) is 7.14. The fraction of sp³-hybridized carbons (Fsp3) is 0.333. The number of nitrogens with zero attached hydrogens (tertiary/aromatic N) is 2. The second-order valence-corrected chi connectivity index (χ2v) is 5.77. The number of thioether (sulfide) groups is 1. The number of carbonyl (C=O) groups excluding carboxylic acids is 1. The SMILES string of the molecule is CCCNC(=O)C(C)Sc1nccn1-c1ccccc1. The largest absolute Gasteiger partial charge is 0.355 e. The van der Waals surface area contributed by atoms with E-state index in [2.05, 4.69) is 10.3 Å². The zero-order valence-corrected chi connectivity index (χ0v) is 12.6. The van der Waals surface area contributed by atoms with Crippen molar-refractivity contribution in [1.29, 1.82) is 0 Å². The van der Waals surface area contributed by atoms with Crippen molar-refractivity contribution in [3.05, 3.63) is 42.7 Å². The molecule has 0 aliphatic carbocycles. The van der Waals surface area contributed by atoms with Gasteiger partial charge in [0.25, 0.3) is 0 Å². The molecule has 2 aromatic rings. The van der Waals surface area contributed by atoms with Crippen molar-refractivity contribution >= 4 is 17.7 Å². The number of aromatic nitrogens is 2. The Hall–Kier alpha value is -1.75. The molecule has 0 aliphatic heterocycles. The van der Waals surface area contributed by atoms with Crippen molar-refractivity contribution in [2.45, 2.75) is 30.7 Å². The number of nitrogens with one attached hydrogen (secondary N) is 1. The monoisotopic (exact) mass is 289 g/mol. The summed E-state index contributed by atoms with van der Waals surface area (Å²) in [5.74, 6) is 0.0551. The lowest BCUT2D eigenvalue weighted by Gasteiger charge is -2.12. The molecule has 1 aromatic carbocycles. The van der Waals surface area contributed by atoms with Crippen LogP contribution in [0.5, 0.6) is 0 Å². The highest BCUT2D eigenvalue weighted by Gasteiger charge is 2.17. The van der Waals surface area contributed by atoms with Crippen LogP contribution < -0.4 is 5.32 Å². The zero-order valence-electron chi connectivity index (χ0n) is 11.7. The van der Waals surface area contributed by atoms with Gasteiger partial charge in [-0.05, 0) is 25.5 Å². The minimum atomic E-state index is -0.161. The molecule has 1 amide bonds. The lowest BCUT2D eigenvalue weighted by molar-refractivity contribution is -0.120.